The number of carbonyl (C=O) groups is 2. The first-order valence-electron chi connectivity index (χ1n) is 6.91. The van der Waals surface area contributed by atoms with Gasteiger partial charge in [-0.05, 0) is 65.9 Å². The molecule has 5 nitrogen and oxygen atoms in total. The van der Waals surface area contributed by atoms with E-state index in [1.807, 2.05) is 0 Å². The van der Waals surface area contributed by atoms with Gasteiger partial charge in [0.2, 0.25) is 0 Å². The Labute approximate surface area is 148 Å². The fourth-order valence-electron chi connectivity index (χ4n) is 1.85. The summed E-state index contributed by atoms with van der Waals surface area (Å²) >= 11 is 2.15. The van der Waals surface area contributed by atoms with Gasteiger partial charge in [0.15, 0.2) is 6.10 Å². The summed E-state index contributed by atoms with van der Waals surface area (Å²) in [5, 5.41) is 2.68. The van der Waals surface area contributed by atoms with E-state index in [1.54, 1.807) is 48.5 Å². The zero-order chi connectivity index (χ0) is 16.8. The lowest BCUT2D eigenvalue weighted by molar-refractivity contribution is -0.123. The number of ether oxygens (including phenoxy) is 2. The molecule has 0 bridgehead atoms. The minimum absolute atomic E-state index is 0.405. The van der Waals surface area contributed by atoms with E-state index in [0.29, 0.717) is 17.0 Å². The molecular formula is C17H16INO4. The first-order valence-corrected chi connectivity index (χ1v) is 7.99. The summed E-state index contributed by atoms with van der Waals surface area (Å²) in [6.45, 7) is 1.52. The second-order valence-corrected chi connectivity index (χ2v) is 5.99. The van der Waals surface area contributed by atoms with Crippen LogP contribution in [0.3, 0.4) is 0 Å². The van der Waals surface area contributed by atoms with E-state index in [9.17, 15) is 9.59 Å². The third kappa shape index (κ3) is 4.69. The minimum Gasteiger partial charge on any atom is -0.495 e. The summed E-state index contributed by atoms with van der Waals surface area (Å²) in [6, 6.07) is 14.0. The molecule has 0 radical (unpaired) electrons. The molecule has 2 aromatic rings. The summed E-state index contributed by atoms with van der Waals surface area (Å²) in [4.78, 5) is 24.2. The van der Waals surface area contributed by atoms with Crippen LogP contribution in [0.15, 0.2) is 48.5 Å². The van der Waals surface area contributed by atoms with Crippen LogP contribution in [0.4, 0.5) is 5.69 Å². The molecule has 1 N–H and O–H groups in total. The molecule has 2 aromatic carbocycles. The van der Waals surface area contributed by atoms with Gasteiger partial charge >= 0.3 is 5.97 Å². The highest BCUT2D eigenvalue weighted by molar-refractivity contribution is 14.1. The minimum atomic E-state index is -0.924. The maximum absolute atomic E-state index is 12.2. The van der Waals surface area contributed by atoms with Gasteiger partial charge in [0.05, 0.1) is 18.4 Å². The number of anilines is 1. The topological polar surface area (TPSA) is 64.6 Å². The molecule has 0 saturated heterocycles. The van der Waals surface area contributed by atoms with Gasteiger partial charge in [-0.25, -0.2) is 4.79 Å². The van der Waals surface area contributed by atoms with Crippen molar-refractivity contribution in [2.75, 3.05) is 12.4 Å². The molecular weight excluding hydrogens is 409 g/mol. The number of carbonyl (C=O) groups excluding carboxylic acids is 2. The Bertz CT molecular complexity index is 700. The Morgan fingerprint density at radius 1 is 1.09 bits per heavy atom. The molecule has 0 aliphatic heterocycles. The normalized spacial score (nSPS) is 11.4. The Morgan fingerprint density at radius 2 is 1.74 bits per heavy atom. The van der Waals surface area contributed by atoms with Crippen molar-refractivity contribution in [2.45, 2.75) is 13.0 Å². The van der Waals surface area contributed by atoms with Gasteiger partial charge in [-0.2, -0.15) is 0 Å². The van der Waals surface area contributed by atoms with E-state index in [4.69, 9.17) is 9.47 Å². The molecule has 0 aromatic heterocycles. The lowest BCUT2D eigenvalue weighted by Gasteiger charge is -2.15. The lowest BCUT2D eigenvalue weighted by Crippen LogP contribution is -2.30. The Hall–Kier alpha value is -2.09. The highest BCUT2D eigenvalue weighted by Crippen LogP contribution is 2.23. The second-order valence-electron chi connectivity index (χ2n) is 4.74. The van der Waals surface area contributed by atoms with Gasteiger partial charge in [-0.3, -0.25) is 4.79 Å². The maximum atomic E-state index is 12.2. The third-order valence-electron chi connectivity index (χ3n) is 3.10. The Kier molecular flexibility index (Phi) is 5.97. The number of nitrogens with one attached hydrogen (secondary N) is 1. The average Bonchev–Trinajstić information content (AvgIpc) is 2.55. The van der Waals surface area contributed by atoms with E-state index in [2.05, 4.69) is 27.9 Å². The molecule has 1 atom stereocenters. The maximum Gasteiger partial charge on any atom is 0.338 e. The average molecular weight is 425 g/mol. The number of para-hydroxylation sites is 2. The largest absolute Gasteiger partial charge is 0.495 e. The van der Waals surface area contributed by atoms with E-state index in [1.165, 1.54) is 14.0 Å². The number of hydrogen-bond acceptors (Lipinski definition) is 4. The number of benzene rings is 2. The SMILES string of the molecule is COc1ccccc1NC(=O)C(C)OC(=O)c1ccc(I)cc1. The molecule has 2 rings (SSSR count). The second kappa shape index (κ2) is 7.96. The quantitative estimate of drug-likeness (QED) is 0.589. The van der Waals surface area contributed by atoms with Gasteiger partial charge in [-0.1, -0.05) is 12.1 Å². The standard InChI is InChI=1S/C17H16INO4/c1-11(23-17(21)12-7-9-13(18)10-8-12)16(20)19-14-5-3-4-6-15(14)22-2/h3-11H,1-2H3,(H,19,20). The van der Waals surface area contributed by atoms with Crippen LogP contribution in [0, 0.1) is 3.57 Å². The van der Waals surface area contributed by atoms with E-state index >= 15 is 0 Å². The number of amides is 1. The molecule has 23 heavy (non-hydrogen) atoms. The van der Waals surface area contributed by atoms with Crippen molar-refractivity contribution in [1.82, 2.24) is 0 Å². The summed E-state index contributed by atoms with van der Waals surface area (Å²) in [5.41, 5.74) is 0.930. The molecule has 120 valence electrons. The molecule has 0 fully saturated rings. The summed E-state index contributed by atoms with van der Waals surface area (Å²) in [5.74, 6) is -0.422. The van der Waals surface area contributed by atoms with Crippen molar-refractivity contribution in [3.63, 3.8) is 0 Å². The molecule has 1 amide bonds. The molecule has 0 spiro atoms. The summed E-state index contributed by atoms with van der Waals surface area (Å²) < 4.78 is 11.4. The summed E-state index contributed by atoms with van der Waals surface area (Å²) in [6.07, 6.45) is -0.924. The molecule has 6 heteroatoms. The van der Waals surface area contributed by atoms with E-state index in [0.717, 1.165) is 3.57 Å². The number of esters is 1. The Balaban J connectivity index is 1.99. The van der Waals surface area contributed by atoms with Crippen LogP contribution in [0.1, 0.15) is 17.3 Å². The molecule has 1 unspecified atom stereocenters. The van der Waals surface area contributed by atoms with Crippen LogP contribution >= 0.6 is 22.6 Å². The number of hydrogen-bond donors (Lipinski definition) is 1. The predicted molar refractivity (Wildman–Crippen MR) is 95.7 cm³/mol. The Morgan fingerprint density at radius 3 is 2.39 bits per heavy atom. The van der Waals surface area contributed by atoms with Gasteiger partial charge in [-0.15, -0.1) is 0 Å². The van der Waals surface area contributed by atoms with Crippen LogP contribution in [0.5, 0.6) is 5.75 Å². The van der Waals surface area contributed by atoms with Gasteiger partial charge in [0, 0.05) is 3.57 Å². The zero-order valence-electron chi connectivity index (χ0n) is 12.7. The summed E-state index contributed by atoms with van der Waals surface area (Å²) in [7, 11) is 1.52. The fourth-order valence-corrected chi connectivity index (χ4v) is 2.21. The molecule has 0 aliphatic carbocycles. The van der Waals surface area contributed by atoms with Crippen LogP contribution in [-0.4, -0.2) is 25.1 Å². The monoisotopic (exact) mass is 425 g/mol. The number of halogens is 1. The molecule has 0 heterocycles. The van der Waals surface area contributed by atoms with Crippen molar-refractivity contribution in [3.05, 3.63) is 57.7 Å². The van der Waals surface area contributed by atoms with Crippen LogP contribution in [0.2, 0.25) is 0 Å². The smallest absolute Gasteiger partial charge is 0.338 e. The van der Waals surface area contributed by atoms with Crippen molar-refractivity contribution in [3.8, 4) is 5.75 Å². The first kappa shape index (κ1) is 17.3. The van der Waals surface area contributed by atoms with Gasteiger partial charge < -0.3 is 14.8 Å². The molecule has 0 saturated carbocycles. The van der Waals surface area contributed by atoms with E-state index in [-0.39, 0.29) is 0 Å². The van der Waals surface area contributed by atoms with Crippen LogP contribution in [0.25, 0.3) is 0 Å². The number of rotatable bonds is 5. The first-order chi connectivity index (χ1) is 11.0. The fraction of sp³-hybridized carbons (Fsp3) is 0.176. The highest BCUT2D eigenvalue weighted by Gasteiger charge is 2.20. The highest BCUT2D eigenvalue weighted by atomic mass is 127. The van der Waals surface area contributed by atoms with Crippen LogP contribution < -0.4 is 10.1 Å². The van der Waals surface area contributed by atoms with Crippen molar-refractivity contribution < 1.29 is 19.1 Å². The van der Waals surface area contributed by atoms with Crippen molar-refractivity contribution in [2.24, 2.45) is 0 Å². The van der Waals surface area contributed by atoms with Gasteiger partial charge in [0.25, 0.3) is 5.91 Å². The van der Waals surface area contributed by atoms with E-state index < -0.39 is 18.0 Å². The third-order valence-corrected chi connectivity index (χ3v) is 3.82. The predicted octanol–water partition coefficient (Wildman–Crippen LogP) is 3.48. The lowest BCUT2D eigenvalue weighted by atomic mass is 10.2. The number of methoxy groups -OCH3 is 1. The van der Waals surface area contributed by atoms with Crippen molar-refractivity contribution >= 4 is 40.2 Å². The van der Waals surface area contributed by atoms with Crippen molar-refractivity contribution in [1.29, 1.82) is 0 Å². The van der Waals surface area contributed by atoms with Crippen LogP contribution in [-0.2, 0) is 9.53 Å². The van der Waals surface area contributed by atoms with Gasteiger partial charge in [0.1, 0.15) is 5.75 Å². The zero-order valence-corrected chi connectivity index (χ0v) is 14.9. The molecule has 0 aliphatic rings.